The topological polar surface area (TPSA) is 63.2 Å². The average Bonchev–Trinajstić information content (AvgIpc) is 2.67. The molecule has 1 aromatic heterocycles. The second-order valence-corrected chi connectivity index (χ2v) is 5.42. The van der Waals surface area contributed by atoms with Crippen LogP contribution in [-0.2, 0) is 13.1 Å². The largest absolute Gasteiger partial charge is 0.457 e. The maximum atomic E-state index is 11.9. The summed E-state index contributed by atoms with van der Waals surface area (Å²) in [6, 6.07) is 22.6. The molecule has 3 aromatic rings. The fourth-order valence-electron chi connectivity index (χ4n) is 2.26. The molecule has 0 fully saturated rings. The third kappa shape index (κ3) is 5.35. The Kier molecular flexibility index (Phi) is 5.61. The van der Waals surface area contributed by atoms with E-state index in [1.54, 1.807) is 6.20 Å². The normalized spacial score (nSPS) is 10.1. The van der Waals surface area contributed by atoms with Crippen molar-refractivity contribution in [1.82, 2.24) is 15.6 Å². The van der Waals surface area contributed by atoms with E-state index in [4.69, 9.17) is 4.74 Å². The van der Waals surface area contributed by atoms with Crippen LogP contribution in [0.15, 0.2) is 79.0 Å². The van der Waals surface area contributed by atoms with Crippen molar-refractivity contribution in [2.45, 2.75) is 13.1 Å². The van der Waals surface area contributed by atoms with E-state index in [1.165, 1.54) is 0 Å². The lowest BCUT2D eigenvalue weighted by molar-refractivity contribution is 0.240. The Hall–Kier alpha value is -3.34. The maximum absolute atomic E-state index is 11.9. The second kappa shape index (κ2) is 8.49. The molecule has 2 aromatic carbocycles. The van der Waals surface area contributed by atoms with Crippen LogP contribution in [0.4, 0.5) is 4.79 Å². The Balaban J connectivity index is 1.49. The number of pyridine rings is 1. The van der Waals surface area contributed by atoms with Crippen molar-refractivity contribution in [2.75, 3.05) is 0 Å². The smallest absolute Gasteiger partial charge is 0.315 e. The zero-order chi connectivity index (χ0) is 17.3. The van der Waals surface area contributed by atoms with Gasteiger partial charge in [-0.3, -0.25) is 4.98 Å². The molecule has 2 amide bonds. The number of urea groups is 1. The van der Waals surface area contributed by atoms with Gasteiger partial charge in [-0.1, -0.05) is 36.4 Å². The van der Waals surface area contributed by atoms with Crippen LogP contribution < -0.4 is 15.4 Å². The standard InChI is InChI=1S/C20H19N3O2/c24-20(23-15-17-8-4-5-12-21-17)22-14-16-7-6-11-19(13-16)25-18-9-2-1-3-10-18/h1-13H,14-15H2,(H2,22,23,24). The van der Waals surface area contributed by atoms with Crippen molar-refractivity contribution < 1.29 is 9.53 Å². The highest BCUT2D eigenvalue weighted by Gasteiger charge is 2.03. The van der Waals surface area contributed by atoms with Crippen molar-refractivity contribution in [3.05, 3.63) is 90.3 Å². The molecule has 0 atom stereocenters. The summed E-state index contributed by atoms with van der Waals surface area (Å²) in [6.45, 7) is 0.809. The van der Waals surface area contributed by atoms with E-state index in [-0.39, 0.29) is 6.03 Å². The number of hydrogen-bond donors (Lipinski definition) is 2. The molecule has 0 saturated heterocycles. The first-order chi connectivity index (χ1) is 12.3. The number of benzene rings is 2. The Labute approximate surface area is 146 Å². The van der Waals surface area contributed by atoms with Gasteiger partial charge in [-0.15, -0.1) is 0 Å². The Morgan fingerprint density at radius 2 is 1.60 bits per heavy atom. The minimum atomic E-state index is -0.236. The van der Waals surface area contributed by atoms with Gasteiger partial charge >= 0.3 is 6.03 Å². The van der Waals surface area contributed by atoms with Crippen LogP contribution in [0.25, 0.3) is 0 Å². The summed E-state index contributed by atoms with van der Waals surface area (Å²) < 4.78 is 5.79. The summed E-state index contributed by atoms with van der Waals surface area (Å²) in [5.41, 5.74) is 1.78. The molecule has 0 unspecified atom stereocenters. The number of para-hydroxylation sites is 1. The van der Waals surface area contributed by atoms with Crippen molar-refractivity contribution in [3.8, 4) is 11.5 Å². The van der Waals surface area contributed by atoms with Crippen LogP contribution in [0.1, 0.15) is 11.3 Å². The van der Waals surface area contributed by atoms with E-state index in [1.807, 2.05) is 72.8 Å². The van der Waals surface area contributed by atoms with Gasteiger partial charge in [-0.2, -0.15) is 0 Å². The molecular weight excluding hydrogens is 314 g/mol. The molecule has 0 radical (unpaired) electrons. The van der Waals surface area contributed by atoms with Crippen molar-refractivity contribution in [3.63, 3.8) is 0 Å². The van der Waals surface area contributed by atoms with Gasteiger partial charge < -0.3 is 15.4 Å². The Bertz CT molecular complexity index is 807. The first kappa shape index (κ1) is 16.5. The minimum absolute atomic E-state index is 0.236. The van der Waals surface area contributed by atoms with Gasteiger partial charge in [0.25, 0.3) is 0 Å². The van der Waals surface area contributed by atoms with Gasteiger partial charge in [0.15, 0.2) is 0 Å². The molecule has 0 spiro atoms. The van der Waals surface area contributed by atoms with E-state index in [0.29, 0.717) is 13.1 Å². The molecule has 0 aliphatic heterocycles. The highest BCUT2D eigenvalue weighted by Crippen LogP contribution is 2.21. The fourth-order valence-corrected chi connectivity index (χ4v) is 2.26. The first-order valence-electron chi connectivity index (χ1n) is 8.03. The number of nitrogens with zero attached hydrogens (tertiary/aromatic N) is 1. The maximum Gasteiger partial charge on any atom is 0.315 e. The van der Waals surface area contributed by atoms with Crippen molar-refractivity contribution in [2.24, 2.45) is 0 Å². The quantitative estimate of drug-likeness (QED) is 0.720. The number of amides is 2. The summed E-state index contributed by atoms with van der Waals surface area (Å²) in [7, 11) is 0. The summed E-state index contributed by atoms with van der Waals surface area (Å²) in [4.78, 5) is 16.0. The van der Waals surface area contributed by atoms with Crippen LogP contribution in [0, 0.1) is 0 Å². The van der Waals surface area contributed by atoms with Crippen LogP contribution in [0.5, 0.6) is 11.5 Å². The van der Waals surface area contributed by atoms with E-state index >= 15 is 0 Å². The third-order valence-electron chi connectivity index (χ3n) is 3.49. The second-order valence-electron chi connectivity index (χ2n) is 5.42. The molecule has 3 rings (SSSR count). The molecule has 0 bridgehead atoms. The molecular formula is C20H19N3O2. The number of aromatic nitrogens is 1. The molecule has 1 heterocycles. The predicted molar refractivity (Wildman–Crippen MR) is 96.3 cm³/mol. The minimum Gasteiger partial charge on any atom is -0.457 e. The van der Waals surface area contributed by atoms with Gasteiger partial charge in [-0.25, -0.2) is 4.79 Å². The highest BCUT2D eigenvalue weighted by molar-refractivity contribution is 5.73. The third-order valence-corrected chi connectivity index (χ3v) is 3.49. The van der Waals surface area contributed by atoms with Gasteiger partial charge in [0.05, 0.1) is 12.2 Å². The van der Waals surface area contributed by atoms with E-state index in [9.17, 15) is 4.79 Å². The molecule has 25 heavy (non-hydrogen) atoms. The number of carbonyl (C=O) groups is 1. The van der Waals surface area contributed by atoms with Gasteiger partial charge in [0, 0.05) is 12.7 Å². The number of carbonyl (C=O) groups excluding carboxylic acids is 1. The zero-order valence-corrected chi connectivity index (χ0v) is 13.7. The number of ether oxygens (including phenoxy) is 1. The molecule has 0 aliphatic rings. The molecule has 5 heteroatoms. The van der Waals surface area contributed by atoms with Crippen LogP contribution >= 0.6 is 0 Å². The number of rotatable bonds is 6. The van der Waals surface area contributed by atoms with Gasteiger partial charge in [0.2, 0.25) is 0 Å². The Morgan fingerprint density at radius 3 is 2.40 bits per heavy atom. The number of nitrogens with one attached hydrogen (secondary N) is 2. The Morgan fingerprint density at radius 1 is 0.840 bits per heavy atom. The predicted octanol–water partition coefficient (Wildman–Crippen LogP) is 3.87. The van der Waals surface area contributed by atoms with Crippen LogP contribution in [0.3, 0.4) is 0 Å². The monoisotopic (exact) mass is 333 g/mol. The SMILES string of the molecule is O=C(NCc1cccc(Oc2ccccc2)c1)NCc1ccccn1. The lowest BCUT2D eigenvalue weighted by atomic mass is 10.2. The zero-order valence-electron chi connectivity index (χ0n) is 13.7. The van der Waals surface area contributed by atoms with E-state index in [0.717, 1.165) is 22.8 Å². The lowest BCUT2D eigenvalue weighted by Gasteiger charge is -2.09. The van der Waals surface area contributed by atoms with Crippen LogP contribution in [0.2, 0.25) is 0 Å². The fraction of sp³-hybridized carbons (Fsp3) is 0.100. The summed E-state index contributed by atoms with van der Waals surface area (Å²) in [5, 5.41) is 5.61. The lowest BCUT2D eigenvalue weighted by Crippen LogP contribution is -2.34. The van der Waals surface area contributed by atoms with E-state index < -0.39 is 0 Å². The average molecular weight is 333 g/mol. The molecule has 2 N–H and O–H groups in total. The molecule has 0 saturated carbocycles. The first-order valence-corrected chi connectivity index (χ1v) is 8.03. The van der Waals surface area contributed by atoms with Crippen LogP contribution in [-0.4, -0.2) is 11.0 Å². The summed E-state index contributed by atoms with van der Waals surface area (Å²) in [5.74, 6) is 1.51. The van der Waals surface area contributed by atoms with Gasteiger partial charge in [-0.05, 0) is 42.0 Å². The van der Waals surface area contributed by atoms with Crippen molar-refractivity contribution >= 4 is 6.03 Å². The van der Waals surface area contributed by atoms with Crippen molar-refractivity contribution in [1.29, 1.82) is 0 Å². The number of hydrogen-bond acceptors (Lipinski definition) is 3. The van der Waals surface area contributed by atoms with E-state index in [2.05, 4.69) is 15.6 Å². The molecule has 5 nitrogen and oxygen atoms in total. The highest BCUT2D eigenvalue weighted by atomic mass is 16.5. The van der Waals surface area contributed by atoms with Gasteiger partial charge in [0.1, 0.15) is 11.5 Å². The summed E-state index contributed by atoms with van der Waals surface area (Å²) in [6.07, 6.45) is 1.70. The summed E-state index contributed by atoms with van der Waals surface area (Å²) >= 11 is 0. The molecule has 126 valence electrons. The molecule has 0 aliphatic carbocycles.